The minimum Gasteiger partial charge on any atom is -0.481 e. The molecule has 0 aliphatic heterocycles. The number of amides is 3. The van der Waals surface area contributed by atoms with E-state index in [1.807, 2.05) is 0 Å². The summed E-state index contributed by atoms with van der Waals surface area (Å²) in [5.41, 5.74) is 0.519. The first-order chi connectivity index (χ1) is 15.7. The van der Waals surface area contributed by atoms with Gasteiger partial charge in [-0.3, -0.25) is 9.59 Å². The minimum atomic E-state index is -1.41. The van der Waals surface area contributed by atoms with Crippen molar-refractivity contribution in [3.05, 3.63) is 71.2 Å². The number of carbonyl (C=O) groups excluding carboxylic acids is 2. The molecule has 170 valence electrons. The van der Waals surface area contributed by atoms with Gasteiger partial charge in [-0.15, -0.1) is 0 Å². The van der Waals surface area contributed by atoms with Crippen LogP contribution in [-0.4, -0.2) is 40.1 Å². The molecule has 0 aliphatic rings. The van der Waals surface area contributed by atoms with Crippen LogP contribution in [0.1, 0.15) is 23.2 Å². The van der Waals surface area contributed by atoms with E-state index in [9.17, 15) is 24.3 Å². The second-order valence-electron chi connectivity index (χ2n) is 7.10. The molecule has 0 unspecified atom stereocenters. The summed E-state index contributed by atoms with van der Waals surface area (Å²) in [6.45, 7) is 0. The maximum atomic E-state index is 12.9. The van der Waals surface area contributed by atoms with Crippen LogP contribution in [0.5, 0.6) is 0 Å². The molecule has 3 amide bonds. The minimum absolute atomic E-state index is 0.0181. The van der Waals surface area contributed by atoms with Crippen molar-refractivity contribution in [1.29, 1.82) is 0 Å². The third-order valence-corrected chi connectivity index (χ3v) is 5.08. The Labute approximate surface area is 193 Å². The summed E-state index contributed by atoms with van der Waals surface area (Å²) in [6, 6.07) is 14.8. The van der Waals surface area contributed by atoms with E-state index in [4.69, 9.17) is 16.7 Å². The van der Waals surface area contributed by atoms with Crippen molar-refractivity contribution in [2.75, 3.05) is 10.6 Å². The molecule has 0 saturated carbocycles. The van der Waals surface area contributed by atoms with E-state index in [1.165, 1.54) is 6.07 Å². The summed E-state index contributed by atoms with van der Waals surface area (Å²) in [5.74, 6) is -3.32. The zero-order chi connectivity index (χ0) is 24.0. The number of hydrogen-bond donors (Lipinski definition) is 5. The third kappa shape index (κ3) is 6.20. The standard InChI is InChI=1S/C23H20ClN3O6/c24-16-7-3-4-8-17(16)26-23(33)27-19-12-14-6-2-1-5-13(14)11-15(19)21(30)25-18(22(31)32)9-10-20(28)29/h1-8,11-12,18H,9-10H2,(H,25,30)(H,28,29)(H,31,32)(H2,26,27,33)/t18-/m0/s1. The average molecular weight is 470 g/mol. The number of carboxylic acids is 2. The SMILES string of the molecule is O=C(O)CC[C@H](NC(=O)c1cc2ccccc2cc1NC(=O)Nc1ccccc1Cl)C(=O)O. The Morgan fingerprint density at radius 1 is 0.848 bits per heavy atom. The first kappa shape index (κ1) is 23.6. The molecular weight excluding hydrogens is 450 g/mol. The van der Waals surface area contributed by atoms with Gasteiger partial charge >= 0.3 is 18.0 Å². The Bertz CT molecular complexity index is 1230. The predicted molar refractivity (Wildman–Crippen MR) is 124 cm³/mol. The first-order valence-electron chi connectivity index (χ1n) is 9.85. The van der Waals surface area contributed by atoms with Crippen LogP contribution in [0.3, 0.4) is 0 Å². The fourth-order valence-corrected chi connectivity index (χ4v) is 3.31. The second-order valence-corrected chi connectivity index (χ2v) is 7.51. The highest BCUT2D eigenvalue weighted by Crippen LogP contribution is 2.26. The molecule has 33 heavy (non-hydrogen) atoms. The van der Waals surface area contributed by atoms with Crippen LogP contribution in [0.15, 0.2) is 60.7 Å². The van der Waals surface area contributed by atoms with Crippen LogP contribution in [0, 0.1) is 0 Å². The van der Waals surface area contributed by atoms with E-state index < -0.39 is 36.3 Å². The molecular formula is C23H20ClN3O6. The van der Waals surface area contributed by atoms with Crippen LogP contribution in [0.25, 0.3) is 10.8 Å². The third-order valence-electron chi connectivity index (χ3n) is 4.75. The van der Waals surface area contributed by atoms with Gasteiger partial charge in [0.15, 0.2) is 0 Å². The monoisotopic (exact) mass is 469 g/mol. The van der Waals surface area contributed by atoms with Crippen molar-refractivity contribution < 1.29 is 29.4 Å². The number of rotatable bonds is 8. The van der Waals surface area contributed by atoms with E-state index in [2.05, 4.69) is 16.0 Å². The van der Waals surface area contributed by atoms with Gasteiger partial charge in [-0.1, -0.05) is 48.0 Å². The number of fused-ring (bicyclic) bond motifs is 1. The lowest BCUT2D eigenvalue weighted by molar-refractivity contribution is -0.140. The summed E-state index contributed by atoms with van der Waals surface area (Å²) in [4.78, 5) is 47.8. The number of benzene rings is 3. The van der Waals surface area contributed by atoms with E-state index in [-0.39, 0.29) is 17.7 Å². The molecule has 1 atom stereocenters. The Morgan fingerprint density at radius 3 is 2.09 bits per heavy atom. The molecule has 3 aromatic carbocycles. The number of carbonyl (C=O) groups is 4. The quantitative estimate of drug-likeness (QED) is 0.334. The largest absolute Gasteiger partial charge is 0.481 e. The van der Waals surface area contributed by atoms with Crippen LogP contribution >= 0.6 is 11.6 Å². The molecule has 0 spiro atoms. The number of hydrogen-bond acceptors (Lipinski definition) is 4. The number of nitrogens with one attached hydrogen (secondary N) is 3. The molecule has 9 nitrogen and oxygen atoms in total. The van der Waals surface area contributed by atoms with Gasteiger partial charge in [0.2, 0.25) is 0 Å². The Morgan fingerprint density at radius 2 is 1.45 bits per heavy atom. The lowest BCUT2D eigenvalue weighted by Gasteiger charge is -2.17. The van der Waals surface area contributed by atoms with Crippen LogP contribution < -0.4 is 16.0 Å². The van der Waals surface area contributed by atoms with Gasteiger partial charge in [-0.05, 0) is 41.5 Å². The summed E-state index contributed by atoms with van der Waals surface area (Å²) in [5, 5.41) is 27.5. The molecule has 5 N–H and O–H groups in total. The number of urea groups is 1. The molecule has 10 heteroatoms. The lowest BCUT2D eigenvalue weighted by atomic mass is 10.0. The highest BCUT2D eigenvalue weighted by molar-refractivity contribution is 6.33. The fourth-order valence-electron chi connectivity index (χ4n) is 3.13. The summed E-state index contributed by atoms with van der Waals surface area (Å²) in [7, 11) is 0. The highest BCUT2D eigenvalue weighted by atomic mass is 35.5. The van der Waals surface area contributed by atoms with E-state index in [0.29, 0.717) is 16.1 Å². The Balaban J connectivity index is 1.89. The van der Waals surface area contributed by atoms with Gasteiger partial charge < -0.3 is 26.2 Å². The molecule has 0 radical (unpaired) electrons. The molecule has 0 saturated heterocycles. The van der Waals surface area contributed by atoms with Gasteiger partial charge in [-0.2, -0.15) is 0 Å². The topological polar surface area (TPSA) is 145 Å². The number of aliphatic carboxylic acids is 2. The van der Waals surface area contributed by atoms with Crippen LogP contribution in [0.2, 0.25) is 5.02 Å². The van der Waals surface area contributed by atoms with Crippen molar-refractivity contribution in [2.45, 2.75) is 18.9 Å². The van der Waals surface area contributed by atoms with Gasteiger partial charge in [0.05, 0.1) is 22.0 Å². The zero-order valence-corrected chi connectivity index (χ0v) is 17.9. The van der Waals surface area contributed by atoms with E-state index >= 15 is 0 Å². The molecule has 3 rings (SSSR count). The van der Waals surface area contributed by atoms with Crippen molar-refractivity contribution in [3.63, 3.8) is 0 Å². The normalized spacial score (nSPS) is 11.4. The first-order valence-corrected chi connectivity index (χ1v) is 10.2. The average Bonchev–Trinajstić information content (AvgIpc) is 2.77. The smallest absolute Gasteiger partial charge is 0.326 e. The van der Waals surface area contributed by atoms with Crippen LogP contribution in [-0.2, 0) is 9.59 Å². The summed E-state index contributed by atoms with van der Waals surface area (Å²) in [6.07, 6.45) is -0.722. The van der Waals surface area contributed by atoms with E-state index in [0.717, 1.165) is 5.39 Å². The second kappa shape index (κ2) is 10.5. The Hall–Kier alpha value is -4.11. The maximum Gasteiger partial charge on any atom is 0.326 e. The summed E-state index contributed by atoms with van der Waals surface area (Å²) >= 11 is 6.07. The molecule has 0 aromatic heterocycles. The zero-order valence-electron chi connectivity index (χ0n) is 17.2. The predicted octanol–water partition coefficient (Wildman–Crippen LogP) is 4.19. The van der Waals surface area contributed by atoms with Gasteiger partial charge in [-0.25, -0.2) is 9.59 Å². The van der Waals surface area contributed by atoms with E-state index in [1.54, 1.807) is 54.6 Å². The molecule has 0 heterocycles. The molecule has 0 aliphatic carbocycles. The molecule has 0 fully saturated rings. The summed E-state index contributed by atoms with van der Waals surface area (Å²) < 4.78 is 0. The number of para-hydroxylation sites is 1. The van der Waals surface area contributed by atoms with Gasteiger partial charge in [0.25, 0.3) is 5.91 Å². The maximum absolute atomic E-state index is 12.9. The number of anilines is 2. The van der Waals surface area contributed by atoms with Crippen molar-refractivity contribution in [3.8, 4) is 0 Å². The molecule has 3 aromatic rings. The van der Waals surface area contributed by atoms with Gasteiger partial charge in [0, 0.05) is 6.42 Å². The number of carboxylic acid groups (broad SMARTS) is 2. The van der Waals surface area contributed by atoms with Gasteiger partial charge in [0.1, 0.15) is 6.04 Å². The van der Waals surface area contributed by atoms with Crippen LogP contribution in [0.4, 0.5) is 16.2 Å². The molecule has 0 bridgehead atoms. The fraction of sp³-hybridized carbons (Fsp3) is 0.130. The highest BCUT2D eigenvalue weighted by Gasteiger charge is 2.24. The van der Waals surface area contributed by atoms with Crippen molar-refractivity contribution in [1.82, 2.24) is 5.32 Å². The number of halogens is 1. The lowest BCUT2D eigenvalue weighted by Crippen LogP contribution is -2.41. The Kier molecular flexibility index (Phi) is 7.47. The van der Waals surface area contributed by atoms with Crippen molar-refractivity contribution >= 4 is 57.6 Å². The van der Waals surface area contributed by atoms with Crippen molar-refractivity contribution in [2.24, 2.45) is 0 Å².